The minimum absolute atomic E-state index is 0. The van der Waals surface area contributed by atoms with Crippen LogP contribution in [0.1, 0.15) is 52.7 Å². The number of nitro groups is 1. The van der Waals surface area contributed by atoms with Crippen LogP contribution in [0.25, 0.3) is 0 Å². The highest BCUT2D eigenvalue weighted by Crippen LogP contribution is 2.42. The highest BCUT2D eigenvalue weighted by molar-refractivity contribution is 6.00. The van der Waals surface area contributed by atoms with Gasteiger partial charge < -0.3 is 5.73 Å². The van der Waals surface area contributed by atoms with Crippen molar-refractivity contribution in [2.45, 2.75) is 52.4 Å². The maximum atomic E-state index is 10.7. The number of rotatable bonds is 1. The molecule has 2 aliphatic heterocycles. The lowest BCUT2D eigenvalue weighted by Crippen LogP contribution is -2.22. The number of hydrogen-bond donors (Lipinski definition) is 1. The molecule has 0 atom stereocenters. The van der Waals surface area contributed by atoms with Gasteiger partial charge in [0.2, 0.25) is 0 Å². The number of nitrogens with zero attached hydrogens (tertiary/aromatic N) is 3. The first kappa shape index (κ1) is 22.6. The lowest BCUT2D eigenvalue weighted by Gasteiger charge is -2.19. The van der Waals surface area contributed by atoms with Gasteiger partial charge in [-0.25, -0.2) is 0 Å². The Bertz CT molecular complexity index is 1040. The van der Waals surface area contributed by atoms with Crippen LogP contribution in [0, 0.1) is 10.1 Å². The summed E-state index contributed by atoms with van der Waals surface area (Å²) in [7, 11) is 0. The molecule has 0 fully saturated rings. The SMILES string of the molecule is CC1=Nc2ccc(N)cc2C1(C)C.CC1=Nc2ccc([N+](=O)[O-])cc2C1(C)C.Cl. The number of aliphatic imine (C=N–C) groups is 2. The fourth-order valence-corrected chi connectivity index (χ4v) is 3.42. The Morgan fingerprint density at radius 3 is 1.79 bits per heavy atom. The van der Waals surface area contributed by atoms with Crippen molar-refractivity contribution >= 4 is 46.6 Å². The van der Waals surface area contributed by atoms with Crippen LogP contribution in [0.4, 0.5) is 22.7 Å². The fraction of sp³-hybridized carbons (Fsp3) is 0.364. The summed E-state index contributed by atoms with van der Waals surface area (Å²) in [6, 6.07) is 10.7. The number of nitrogen functional groups attached to an aromatic ring is 1. The van der Waals surface area contributed by atoms with Gasteiger partial charge in [-0.05, 0) is 49.2 Å². The minimum atomic E-state index is -0.371. The molecule has 2 aliphatic rings. The predicted octanol–water partition coefficient (Wildman–Crippen LogP) is 6.05. The molecule has 2 heterocycles. The third-order valence-corrected chi connectivity index (χ3v) is 5.94. The molecule has 6 nitrogen and oxygen atoms in total. The van der Waals surface area contributed by atoms with E-state index in [-0.39, 0.29) is 33.8 Å². The average Bonchev–Trinajstić information content (AvgIpc) is 2.98. The van der Waals surface area contributed by atoms with E-state index in [0.29, 0.717) is 0 Å². The van der Waals surface area contributed by atoms with E-state index in [1.807, 2.05) is 39.0 Å². The number of fused-ring (bicyclic) bond motifs is 2. The molecule has 0 amide bonds. The topological polar surface area (TPSA) is 93.9 Å². The number of nitrogens with two attached hydrogens (primary N) is 1. The summed E-state index contributed by atoms with van der Waals surface area (Å²) in [6.45, 7) is 12.4. The van der Waals surface area contributed by atoms with Gasteiger partial charge in [0.25, 0.3) is 5.69 Å². The lowest BCUT2D eigenvalue weighted by molar-refractivity contribution is -0.384. The third-order valence-electron chi connectivity index (χ3n) is 5.94. The Morgan fingerprint density at radius 2 is 1.31 bits per heavy atom. The second-order valence-electron chi connectivity index (χ2n) is 8.38. The second kappa shape index (κ2) is 7.59. The fourth-order valence-electron chi connectivity index (χ4n) is 3.42. The first-order valence-corrected chi connectivity index (χ1v) is 9.25. The van der Waals surface area contributed by atoms with Crippen LogP contribution in [0.2, 0.25) is 0 Å². The zero-order valence-corrected chi connectivity index (χ0v) is 18.4. The van der Waals surface area contributed by atoms with Gasteiger partial charge in [0.15, 0.2) is 0 Å². The summed E-state index contributed by atoms with van der Waals surface area (Å²) in [5.41, 5.74) is 12.8. The summed E-state index contributed by atoms with van der Waals surface area (Å²) in [4.78, 5) is 19.2. The molecule has 7 heteroatoms. The number of hydrogen-bond acceptors (Lipinski definition) is 5. The van der Waals surface area contributed by atoms with E-state index >= 15 is 0 Å². The van der Waals surface area contributed by atoms with Crippen molar-refractivity contribution in [3.8, 4) is 0 Å². The Hall–Kier alpha value is -2.73. The summed E-state index contributed by atoms with van der Waals surface area (Å²) < 4.78 is 0. The van der Waals surface area contributed by atoms with E-state index < -0.39 is 0 Å². The number of benzene rings is 2. The normalized spacial score (nSPS) is 17.0. The number of anilines is 1. The average molecular weight is 415 g/mol. The molecule has 2 aromatic carbocycles. The molecule has 2 aromatic rings. The molecule has 154 valence electrons. The van der Waals surface area contributed by atoms with Gasteiger partial charge in [-0.2, -0.15) is 0 Å². The third kappa shape index (κ3) is 3.90. The zero-order chi connectivity index (χ0) is 20.9. The molecule has 0 bridgehead atoms. The summed E-state index contributed by atoms with van der Waals surface area (Å²) in [6.07, 6.45) is 0. The van der Waals surface area contributed by atoms with Crippen LogP contribution in [0.5, 0.6) is 0 Å². The number of halogens is 1. The largest absolute Gasteiger partial charge is 0.399 e. The second-order valence-corrected chi connectivity index (χ2v) is 8.38. The summed E-state index contributed by atoms with van der Waals surface area (Å²) in [5.74, 6) is 0. The standard InChI is InChI=1S/C11H12N2O2.C11H14N2.ClH/c1-7-11(2,3)9-6-8(13(14)15)4-5-10(9)12-7;1-7-11(2,3)9-6-8(12)4-5-10(9)13-7;/h4-6H,1-3H3;4-6H,12H2,1-3H3;1H. The molecule has 0 unspecified atom stereocenters. The van der Waals surface area contributed by atoms with Crippen molar-refractivity contribution < 1.29 is 4.92 Å². The minimum Gasteiger partial charge on any atom is -0.399 e. The maximum absolute atomic E-state index is 10.7. The monoisotopic (exact) mass is 414 g/mol. The Kier molecular flexibility index (Phi) is 5.91. The van der Waals surface area contributed by atoms with Gasteiger partial charge in [-0.1, -0.05) is 27.7 Å². The maximum Gasteiger partial charge on any atom is 0.269 e. The van der Waals surface area contributed by atoms with Crippen molar-refractivity contribution in [1.82, 2.24) is 0 Å². The van der Waals surface area contributed by atoms with Gasteiger partial charge in [-0.15, -0.1) is 12.4 Å². The number of non-ortho nitro benzene ring substituents is 1. The first-order chi connectivity index (χ1) is 12.9. The summed E-state index contributed by atoms with van der Waals surface area (Å²) in [5, 5.41) is 10.7. The van der Waals surface area contributed by atoms with Gasteiger partial charge in [0.05, 0.1) is 16.3 Å². The first-order valence-electron chi connectivity index (χ1n) is 9.25. The van der Waals surface area contributed by atoms with Gasteiger partial charge in [0.1, 0.15) is 0 Å². The van der Waals surface area contributed by atoms with Crippen LogP contribution >= 0.6 is 12.4 Å². The molecular weight excluding hydrogens is 388 g/mol. The van der Waals surface area contributed by atoms with Crippen molar-refractivity contribution in [2.24, 2.45) is 9.98 Å². The smallest absolute Gasteiger partial charge is 0.269 e. The highest BCUT2D eigenvalue weighted by Gasteiger charge is 2.33. The molecule has 0 saturated carbocycles. The van der Waals surface area contributed by atoms with Crippen LogP contribution in [-0.4, -0.2) is 16.3 Å². The van der Waals surface area contributed by atoms with E-state index in [1.54, 1.807) is 12.1 Å². The summed E-state index contributed by atoms with van der Waals surface area (Å²) >= 11 is 0. The van der Waals surface area contributed by atoms with E-state index in [9.17, 15) is 10.1 Å². The van der Waals surface area contributed by atoms with Gasteiger partial charge >= 0.3 is 0 Å². The van der Waals surface area contributed by atoms with Crippen molar-refractivity contribution in [2.75, 3.05) is 5.73 Å². The Labute approximate surface area is 177 Å². The quantitative estimate of drug-likeness (QED) is 0.349. The zero-order valence-electron chi connectivity index (χ0n) is 17.6. The predicted molar refractivity (Wildman–Crippen MR) is 123 cm³/mol. The van der Waals surface area contributed by atoms with Crippen molar-refractivity contribution in [1.29, 1.82) is 0 Å². The molecule has 0 aliphatic carbocycles. The molecule has 0 radical (unpaired) electrons. The number of nitro benzene ring substituents is 1. The van der Waals surface area contributed by atoms with Crippen LogP contribution in [-0.2, 0) is 10.8 Å². The van der Waals surface area contributed by atoms with Crippen LogP contribution < -0.4 is 5.73 Å². The van der Waals surface area contributed by atoms with Crippen LogP contribution in [0.3, 0.4) is 0 Å². The molecule has 0 spiro atoms. The van der Waals surface area contributed by atoms with Crippen molar-refractivity contribution in [3.05, 3.63) is 57.6 Å². The van der Waals surface area contributed by atoms with Gasteiger partial charge in [-0.3, -0.25) is 20.1 Å². The van der Waals surface area contributed by atoms with E-state index in [2.05, 4.69) is 30.8 Å². The molecule has 0 aromatic heterocycles. The molecule has 4 rings (SSSR count). The van der Waals surface area contributed by atoms with Gasteiger partial charge in [0, 0.05) is 40.1 Å². The molecular formula is C22H27ClN4O2. The van der Waals surface area contributed by atoms with E-state index in [4.69, 9.17) is 5.73 Å². The Balaban J connectivity index is 0.000000202. The lowest BCUT2D eigenvalue weighted by atomic mass is 9.82. The van der Waals surface area contributed by atoms with E-state index in [1.165, 1.54) is 11.6 Å². The van der Waals surface area contributed by atoms with Crippen LogP contribution in [0.15, 0.2) is 46.4 Å². The molecule has 0 saturated heterocycles. The van der Waals surface area contributed by atoms with E-state index in [0.717, 1.165) is 34.0 Å². The highest BCUT2D eigenvalue weighted by atomic mass is 35.5. The Morgan fingerprint density at radius 1 is 0.862 bits per heavy atom. The molecule has 29 heavy (non-hydrogen) atoms. The van der Waals surface area contributed by atoms with Crippen molar-refractivity contribution in [3.63, 3.8) is 0 Å². The molecule has 2 N–H and O–H groups in total.